The number of methoxy groups -OCH3 is 1. The average molecular weight is 244 g/mol. The minimum atomic E-state index is -0.395. The summed E-state index contributed by atoms with van der Waals surface area (Å²) in [7, 11) is 1.57. The predicted molar refractivity (Wildman–Crippen MR) is 68.4 cm³/mol. The van der Waals surface area contributed by atoms with Crippen molar-refractivity contribution in [2.45, 2.75) is 6.92 Å². The van der Waals surface area contributed by atoms with Crippen LogP contribution in [0.1, 0.15) is 17.3 Å². The van der Waals surface area contributed by atoms with E-state index in [9.17, 15) is 9.18 Å². The van der Waals surface area contributed by atoms with Crippen molar-refractivity contribution in [1.29, 1.82) is 0 Å². The zero-order chi connectivity index (χ0) is 13.1. The first kappa shape index (κ1) is 12.3. The molecule has 0 unspecified atom stereocenters. The van der Waals surface area contributed by atoms with Gasteiger partial charge in [-0.25, -0.2) is 4.39 Å². The molecule has 0 fully saturated rings. The highest BCUT2D eigenvalue weighted by molar-refractivity contribution is 6.00. The Labute approximate surface area is 105 Å². The van der Waals surface area contributed by atoms with Crippen molar-refractivity contribution in [3.8, 4) is 16.9 Å². The molecule has 0 aliphatic rings. The molecule has 2 nitrogen and oxygen atoms in total. The zero-order valence-electron chi connectivity index (χ0n) is 10.2. The molecule has 0 radical (unpaired) electrons. The zero-order valence-corrected chi connectivity index (χ0v) is 10.2. The summed E-state index contributed by atoms with van der Waals surface area (Å²) in [5.74, 6) is 0.146. The van der Waals surface area contributed by atoms with Crippen molar-refractivity contribution >= 4 is 5.78 Å². The number of carbonyl (C=O) groups excluding carboxylic acids is 1. The summed E-state index contributed by atoms with van der Waals surface area (Å²) in [6, 6.07) is 11.5. The lowest BCUT2D eigenvalue weighted by Gasteiger charge is -2.09. The minimum absolute atomic E-state index is 0.152. The van der Waals surface area contributed by atoms with Crippen LogP contribution in [0, 0.1) is 5.82 Å². The highest BCUT2D eigenvalue weighted by Gasteiger charge is 2.13. The largest absolute Gasteiger partial charge is 0.497 e. The number of rotatable bonds is 3. The van der Waals surface area contributed by atoms with Crippen molar-refractivity contribution in [3.05, 3.63) is 53.8 Å². The molecule has 92 valence electrons. The quantitative estimate of drug-likeness (QED) is 0.769. The Balaban J connectivity index is 2.58. The van der Waals surface area contributed by atoms with Gasteiger partial charge >= 0.3 is 0 Å². The van der Waals surface area contributed by atoms with Gasteiger partial charge < -0.3 is 4.74 Å². The van der Waals surface area contributed by atoms with Gasteiger partial charge in [-0.3, -0.25) is 4.79 Å². The molecule has 0 saturated heterocycles. The van der Waals surface area contributed by atoms with Crippen molar-refractivity contribution in [2.75, 3.05) is 7.11 Å². The fourth-order valence-electron chi connectivity index (χ4n) is 1.87. The molecular formula is C15H13FO2. The second-order valence-corrected chi connectivity index (χ2v) is 3.95. The third-order valence-corrected chi connectivity index (χ3v) is 2.77. The number of halogens is 1. The van der Waals surface area contributed by atoms with Gasteiger partial charge in [0.25, 0.3) is 0 Å². The van der Waals surface area contributed by atoms with Crippen LogP contribution in [0.5, 0.6) is 5.75 Å². The molecule has 0 aliphatic heterocycles. The van der Waals surface area contributed by atoms with Crippen LogP contribution >= 0.6 is 0 Å². The molecular weight excluding hydrogens is 231 g/mol. The molecule has 2 aromatic carbocycles. The van der Waals surface area contributed by atoms with E-state index in [1.165, 1.54) is 13.0 Å². The summed E-state index contributed by atoms with van der Waals surface area (Å²) in [5, 5.41) is 0. The highest BCUT2D eigenvalue weighted by Crippen LogP contribution is 2.28. The summed E-state index contributed by atoms with van der Waals surface area (Å²) >= 11 is 0. The molecule has 0 aliphatic carbocycles. The van der Waals surface area contributed by atoms with Crippen molar-refractivity contribution in [1.82, 2.24) is 0 Å². The van der Waals surface area contributed by atoms with E-state index in [4.69, 9.17) is 4.74 Å². The van der Waals surface area contributed by atoms with Crippen LogP contribution in [-0.2, 0) is 0 Å². The Kier molecular flexibility index (Phi) is 3.42. The lowest BCUT2D eigenvalue weighted by atomic mass is 9.97. The van der Waals surface area contributed by atoms with E-state index in [1.807, 2.05) is 0 Å². The summed E-state index contributed by atoms with van der Waals surface area (Å²) in [6.45, 7) is 1.43. The van der Waals surface area contributed by atoms with E-state index in [2.05, 4.69) is 0 Å². The first-order valence-electron chi connectivity index (χ1n) is 5.57. The highest BCUT2D eigenvalue weighted by atomic mass is 19.1. The normalized spacial score (nSPS) is 10.2. The summed E-state index contributed by atoms with van der Waals surface area (Å²) in [6.07, 6.45) is 0. The predicted octanol–water partition coefficient (Wildman–Crippen LogP) is 3.70. The molecule has 0 bridgehead atoms. The van der Waals surface area contributed by atoms with Crippen LogP contribution in [0.15, 0.2) is 42.5 Å². The Hall–Kier alpha value is -2.16. The molecule has 0 saturated carbocycles. The maximum atomic E-state index is 13.9. The number of ketones is 1. The van der Waals surface area contributed by atoms with E-state index in [-0.39, 0.29) is 5.78 Å². The number of ether oxygens (including phenoxy) is 1. The molecule has 18 heavy (non-hydrogen) atoms. The van der Waals surface area contributed by atoms with E-state index in [0.717, 1.165) is 0 Å². The lowest BCUT2D eigenvalue weighted by molar-refractivity contribution is 0.101. The molecule has 0 amide bonds. The van der Waals surface area contributed by atoms with Gasteiger partial charge in [0, 0.05) is 11.1 Å². The maximum absolute atomic E-state index is 13.9. The van der Waals surface area contributed by atoms with Crippen molar-refractivity contribution < 1.29 is 13.9 Å². The number of carbonyl (C=O) groups is 1. The van der Waals surface area contributed by atoms with Gasteiger partial charge in [-0.15, -0.1) is 0 Å². The van der Waals surface area contributed by atoms with Gasteiger partial charge in [-0.05, 0) is 30.7 Å². The van der Waals surface area contributed by atoms with Gasteiger partial charge in [-0.2, -0.15) is 0 Å². The molecule has 0 spiro atoms. The monoisotopic (exact) mass is 244 g/mol. The SMILES string of the molecule is COc1ccc(-c2c(F)cccc2C(C)=O)cc1. The maximum Gasteiger partial charge on any atom is 0.160 e. The Morgan fingerprint density at radius 1 is 1.11 bits per heavy atom. The second kappa shape index (κ2) is 5.00. The third kappa shape index (κ3) is 2.25. The third-order valence-electron chi connectivity index (χ3n) is 2.77. The van der Waals surface area contributed by atoms with Crippen LogP contribution < -0.4 is 4.74 Å². The molecule has 2 aromatic rings. The number of benzene rings is 2. The molecule has 0 N–H and O–H groups in total. The van der Waals surface area contributed by atoms with E-state index in [1.54, 1.807) is 43.5 Å². The van der Waals surface area contributed by atoms with Gasteiger partial charge in [0.05, 0.1) is 7.11 Å². The summed E-state index contributed by atoms with van der Waals surface area (Å²) in [4.78, 5) is 11.5. The Morgan fingerprint density at radius 2 is 1.78 bits per heavy atom. The lowest BCUT2D eigenvalue weighted by Crippen LogP contribution is -1.98. The fourth-order valence-corrected chi connectivity index (χ4v) is 1.87. The molecule has 2 rings (SSSR count). The number of hydrogen-bond acceptors (Lipinski definition) is 2. The smallest absolute Gasteiger partial charge is 0.160 e. The summed E-state index contributed by atoms with van der Waals surface area (Å²) < 4.78 is 18.9. The second-order valence-electron chi connectivity index (χ2n) is 3.95. The Morgan fingerprint density at radius 3 is 2.33 bits per heavy atom. The van der Waals surface area contributed by atoms with Crippen LogP contribution in [-0.4, -0.2) is 12.9 Å². The average Bonchev–Trinajstić information content (AvgIpc) is 2.38. The van der Waals surface area contributed by atoms with Gasteiger partial charge in [0.2, 0.25) is 0 Å². The van der Waals surface area contributed by atoms with E-state index in [0.29, 0.717) is 22.4 Å². The van der Waals surface area contributed by atoms with Gasteiger partial charge in [0.1, 0.15) is 11.6 Å². The topological polar surface area (TPSA) is 26.3 Å². The van der Waals surface area contributed by atoms with Crippen molar-refractivity contribution in [2.24, 2.45) is 0 Å². The van der Waals surface area contributed by atoms with E-state index >= 15 is 0 Å². The number of hydrogen-bond donors (Lipinski definition) is 0. The summed E-state index contributed by atoms with van der Waals surface area (Å²) in [5.41, 5.74) is 1.40. The van der Waals surface area contributed by atoms with Crippen LogP contribution in [0.3, 0.4) is 0 Å². The molecule has 0 atom stereocenters. The standard InChI is InChI=1S/C15H13FO2/c1-10(17)13-4-3-5-14(16)15(13)11-6-8-12(18-2)9-7-11/h3-9H,1-2H3. The Bertz CT molecular complexity index is 574. The molecule has 0 heterocycles. The van der Waals surface area contributed by atoms with Crippen LogP contribution in [0.2, 0.25) is 0 Å². The molecule has 0 aromatic heterocycles. The van der Waals surface area contributed by atoms with Gasteiger partial charge in [-0.1, -0.05) is 24.3 Å². The van der Waals surface area contributed by atoms with Crippen LogP contribution in [0.25, 0.3) is 11.1 Å². The first-order chi connectivity index (χ1) is 8.63. The van der Waals surface area contributed by atoms with Crippen molar-refractivity contribution in [3.63, 3.8) is 0 Å². The number of Topliss-reactive ketones (excluding diaryl/α,β-unsaturated/α-hetero) is 1. The first-order valence-corrected chi connectivity index (χ1v) is 5.57. The fraction of sp³-hybridized carbons (Fsp3) is 0.133. The van der Waals surface area contributed by atoms with Gasteiger partial charge in [0.15, 0.2) is 5.78 Å². The van der Waals surface area contributed by atoms with Crippen LogP contribution in [0.4, 0.5) is 4.39 Å². The molecule has 3 heteroatoms. The van der Waals surface area contributed by atoms with E-state index < -0.39 is 5.82 Å². The minimum Gasteiger partial charge on any atom is -0.497 e.